The van der Waals surface area contributed by atoms with Gasteiger partial charge in [-0.2, -0.15) is 0 Å². The fourth-order valence-electron chi connectivity index (χ4n) is 0.285. The number of aliphatic hydroxyl groups is 2. The lowest BCUT2D eigenvalue weighted by Gasteiger charge is -2.11. The van der Waals surface area contributed by atoms with Crippen molar-refractivity contribution < 1.29 is 14.9 Å². The van der Waals surface area contributed by atoms with Crippen molar-refractivity contribution in [2.75, 3.05) is 6.79 Å². The quantitative estimate of drug-likeness (QED) is 0.385. The molecule has 0 spiro atoms. The van der Waals surface area contributed by atoms with E-state index in [9.17, 15) is 0 Å². The van der Waals surface area contributed by atoms with Gasteiger partial charge in [-0.1, -0.05) is 22.0 Å². The molecular formula is C5H9BrO3. The second-order valence-electron chi connectivity index (χ2n) is 1.37. The molecule has 0 heterocycles. The highest BCUT2D eigenvalue weighted by Crippen LogP contribution is 2.06. The Morgan fingerprint density at radius 2 is 2.33 bits per heavy atom. The minimum Gasteiger partial charge on any atom is -0.371 e. The molecule has 2 atom stereocenters. The van der Waals surface area contributed by atoms with Crippen LogP contribution in [0.4, 0.5) is 0 Å². The summed E-state index contributed by atoms with van der Waals surface area (Å²) in [6.45, 7) is 2.91. The predicted octanol–water partition coefficient (Wildman–Crippen LogP) is 0.221. The predicted molar refractivity (Wildman–Crippen MR) is 37.1 cm³/mol. The van der Waals surface area contributed by atoms with E-state index >= 15 is 0 Å². The third-order valence-corrected chi connectivity index (χ3v) is 1.57. The van der Waals surface area contributed by atoms with E-state index < -0.39 is 13.1 Å². The van der Waals surface area contributed by atoms with E-state index in [1.165, 1.54) is 6.08 Å². The van der Waals surface area contributed by atoms with Gasteiger partial charge in [-0.15, -0.1) is 6.58 Å². The topological polar surface area (TPSA) is 49.7 Å². The Bertz CT molecular complexity index is 86.3. The third-order valence-electron chi connectivity index (χ3n) is 0.743. The summed E-state index contributed by atoms with van der Waals surface area (Å²) < 4.78 is 4.39. The Morgan fingerprint density at radius 3 is 2.67 bits per heavy atom. The van der Waals surface area contributed by atoms with Gasteiger partial charge in [0.25, 0.3) is 0 Å². The highest BCUT2D eigenvalue weighted by atomic mass is 79.9. The second kappa shape index (κ2) is 4.93. The number of ether oxygens (including phenoxy) is 1. The molecule has 0 aromatic heterocycles. The number of rotatable bonds is 4. The molecule has 0 amide bonds. The van der Waals surface area contributed by atoms with Gasteiger partial charge >= 0.3 is 0 Å². The van der Waals surface area contributed by atoms with E-state index in [0.717, 1.165) is 0 Å². The lowest BCUT2D eigenvalue weighted by Crippen LogP contribution is -2.22. The molecule has 2 N–H and O–H groups in total. The highest BCUT2D eigenvalue weighted by Gasteiger charge is 2.10. The fraction of sp³-hybridized carbons (Fsp3) is 0.600. The first-order valence-corrected chi connectivity index (χ1v) is 3.31. The Labute approximate surface area is 62.1 Å². The van der Waals surface area contributed by atoms with Crippen molar-refractivity contribution in [3.05, 3.63) is 12.7 Å². The monoisotopic (exact) mass is 196 g/mol. The second-order valence-corrected chi connectivity index (χ2v) is 2.42. The van der Waals surface area contributed by atoms with Crippen LogP contribution in [-0.2, 0) is 4.74 Å². The lowest BCUT2D eigenvalue weighted by molar-refractivity contribution is -0.144. The molecule has 0 aliphatic rings. The van der Waals surface area contributed by atoms with Crippen LogP contribution in [0.2, 0.25) is 0 Å². The van der Waals surface area contributed by atoms with Crippen molar-refractivity contribution in [2.24, 2.45) is 0 Å². The Kier molecular flexibility index (Phi) is 4.99. The number of alkyl halides is 1. The average molecular weight is 197 g/mol. The van der Waals surface area contributed by atoms with Crippen LogP contribution in [-0.4, -0.2) is 28.1 Å². The number of aliphatic hydroxyl groups excluding tert-OH is 2. The van der Waals surface area contributed by atoms with E-state index in [1.54, 1.807) is 0 Å². The molecule has 2 unspecified atom stereocenters. The molecule has 0 aromatic carbocycles. The van der Waals surface area contributed by atoms with Crippen LogP contribution in [0.5, 0.6) is 0 Å². The zero-order chi connectivity index (χ0) is 7.28. The minimum absolute atomic E-state index is 0.329. The van der Waals surface area contributed by atoms with Crippen molar-refractivity contribution in [1.82, 2.24) is 0 Å². The summed E-state index contributed by atoms with van der Waals surface area (Å²) in [5.74, 6) is 0. The van der Waals surface area contributed by atoms with Crippen LogP contribution in [0.3, 0.4) is 0 Å². The molecule has 4 heteroatoms. The molecule has 9 heavy (non-hydrogen) atoms. The Balaban J connectivity index is 3.44. The zero-order valence-corrected chi connectivity index (χ0v) is 6.41. The molecule has 0 aliphatic carbocycles. The Morgan fingerprint density at radius 1 is 1.78 bits per heavy atom. The van der Waals surface area contributed by atoms with Crippen LogP contribution in [0.25, 0.3) is 0 Å². The van der Waals surface area contributed by atoms with Crippen molar-refractivity contribution in [3.63, 3.8) is 0 Å². The third kappa shape index (κ3) is 3.64. The van der Waals surface area contributed by atoms with Crippen molar-refractivity contribution >= 4 is 15.9 Å². The number of hydrogen-bond acceptors (Lipinski definition) is 3. The summed E-state index contributed by atoms with van der Waals surface area (Å²) in [7, 11) is 0. The first kappa shape index (κ1) is 9.10. The first-order valence-electron chi connectivity index (χ1n) is 2.39. The van der Waals surface area contributed by atoms with Crippen molar-refractivity contribution in [2.45, 2.75) is 11.1 Å². The van der Waals surface area contributed by atoms with E-state index in [4.69, 9.17) is 10.2 Å². The van der Waals surface area contributed by atoms with E-state index in [2.05, 4.69) is 27.2 Å². The van der Waals surface area contributed by atoms with Gasteiger partial charge in [0.15, 0.2) is 6.29 Å². The molecule has 0 radical (unpaired) electrons. The molecule has 0 saturated heterocycles. The van der Waals surface area contributed by atoms with Gasteiger partial charge in [0.1, 0.15) is 6.79 Å². The molecule has 3 nitrogen and oxygen atoms in total. The van der Waals surface area contributed by atoms with Crippen LogP contribution in [0.1, 0.15) is 0 Å². The van der Waals surface area contributed by atoms with Gasteiger partial charge in [0, 0.05) is 0 Å². The highest BCUT2D eigenvalue weighted by molar-refractivity contribution is 9.09. The summed E-state index contributed by atoms with van der Waals surface area (Å²) in [5, 5.41) is 17.0. The summed E-state index contributed by atoms with van der Waals surface area (Å²) in [6.07, 6.45) is 0.452. The van der Waals surface area contributed by atoms with Gasteiger partial charge < -0.3 is 14.9 Å². The molecule has 0 fully saturated rings. The zero-order valence-electron chi connectivity index (χ0n) is 4.83. The summed E-state index contributed by atoms with van der Waals surface area (Å²) >= 11 is 3.04. The van der Waals surface area contributed by atoms with Crippen LogP contribution in [0.15, 0.2) is 12.7 Å². The molecule has 54 valence electrons. The van der Waals surface area contributed by atoms with Crippen molar-refractivity contribution in [3.8, 4) is 0 Å². The maximum Gasteiger partial charge on any atom is 0.173 e. The van der Waals surface area contributed by atoms with E-state index in [-0.39, 0.29) is 4.83 Å². The standard InChI is InChI=1S/C5H9BrO3/c1-2-4(6)5(8)9-3-7/h2,4-5,7-8H,1,3H2. The molecular weight excluding hydrogens is 188 g/mol. The van der Waals surface area contributed by atoms with Gasteiger partial charge in [0.2, 0.25) is 0 Å². The SMILES string of the molecule is C=CC(Br)C(O)OCO. The summed E-state index contributed by atoms with van der Waals surface area (Å²) in [6, 6.07) is 0. The van der Waals surface area contributed by atoms with E-state index in [0.29, 0.717) is 0 Å². The van der Waals surface area contributed by atoms with E-state index in [1.807, 2.05) is 0 Å². The average Bonchev–Trinajstić information content (AvgIpc) is 1.87. The van der Waals surface area contributed by atoms with Crippen LogP contribution >= 0.6 is 15.9 Å². The lowest BCUT2D eigenvalue weighted by atomic mass is 10.4. The molecule has 0 aromatic rings. The smallest absolute Gasteiger partial charge is 0.173 e. The summed E-state index contributed by atoms with van der Waals surface area (Å²) in [5.41, 5.74) is 0. The molecule has 0 saturated carbocycles. The fourth-order valence-corrected chi connectivity index (χ4v) is 0.437. The number of hydrogen-bond donors (Lipinski definition) is 2. The first-order chi connectivity index (χ1) is 4.22. The van der Waals surface area contributed by atoms with Crippen LogP contribution in [0, 0.1) is 0 Å². The largest absolute Gasteiger partial charge is 0.371 e. The van der Waals surface area contributed by atoms with Gasteiger partial charge in [0.05, 0.1) is 4.83 Å². The van der Waals surface area contributed by atoms with Crippen molar-refractivity contribution in [1.29, 1.82) is 0 Å². The minimum atomic E-state index is -1.02. The molecule has 0 bridgehead atoms. The summed E-state index contributed by atoms with van der Waals surface area (Å²) in [4.78, 5) is -0.329. The maximum absolute atomic E-state index is 8.82. The normalized spacial score (nSPS) is 16.8. The maximum atomic E-state index is 8.82. The number of halogens is 1. The van der Waals surface area contributed by atoms with Gasteiger partial charge in [-0.05, 0) is 0 Å². The molecule has 0 rings (SSSR count). The van der Waals surface area contributed by atoms with Crippen LogP contribution < -0.4 is 0 Å². The molecule has 0 aliphatic heterocycles. The van der Waals surface area contributed by atoms with Gasteiger partial charge in [-0.25, -0.2) is 0 Å². The Hall–Kier alpha value is 0.1000. The van der Waals surface area contributed by atoms with Gasteiger partial charge in [-0.3, -0.25) is 0 Å².